The highest BCUT2D eigenvalue weighted by molar-refractivity contribution is 6.27. The molecule has 0 fully saturated rings. The Hall–Kier alpha value is 0.354. The van der Waals surface area contributed by atoms with Gasteiger partial charge in [-0.05, 0) is 12.1 Å². The van der Waals surface area contributed by atoms with Gasteiger partial charge in [-0.1, -0.05) is 19.3 Å². The van der Waals surface area contributed by atoms with E-state index in [0.717, 1.165) is 0 Å². The lowest BCUT2D eigenvalue weighted by atomic mass is 10.3. The van der Waals surface area contributed by atoms with Crippen LogP contribution in [0.25, 0.3) is 0 Å². The second-order valence-corrected chi connectivity index (χ2v) is 6.14. The van der Waals surface area contributed by atoms with Gasteiger partial charge >= 0.3 is 0 Å². The van der Waals surface area contributed by atoms with E-state index in [9.17, 15) is 0 Å². The molecule has 0 N–H and O–H groups in total. The van der Waals surface area contributed by atoms with Crippen molar-refractivity contribution in [3.63, 3.8) is 0 Å². The maximum Gasteiger partial charge on any atom is 0.161 e. The van der Waals surface area contributed by atoms with Gasteiger partial charge in [0.05, 0.1) is 0 Å². The lowest BCUT2D eigenvalue weighted by Gasteiger charge is -1.98. The molecule has 0 bridgehead atoms. The fourth-order valence-electron chi connectivity index (χ4n) is 1.02. The summed E-state index contributed by atoms with van der Waals surface area (Å²) >= 11 is 0. The molecule has 0 unspecified atom stereocenters. The van der Waals surface area contributed by atoms with Crippen molar-refractivity contribution in [3.05, 3.63) is 0 Å². The second kappa shape index (κ2) is 10.4. The number of unbranched alkanes of at least 4 members (excludes halogenated alkanes) is 2. The van der Waals surface area contributed by atoms with Crippen molar-refractivity contribution in [1.29, 1.82) is 0 Å². The van der Waals surface area contributed by atoms with Crippen molar-refractivity contribution < 1.29 is 8.85 Å². The van der Waals surface area contributed by atoms with Crippen LogP contribution in [0.3, 0.4) is 0 Å². The molecule has 0 aromatic heterocycles. The van der Waals surface area contributed by atoms with E-state index in [1.54, 1.807) is 0 Å². The first-order chi connectivity index (χ1) is 5.41. The molecule has 4 heteroatoms. The summed E-state index contributed by atoms with van der Waals surface area (Å²) < 4.78 is 10.2. The molecule has 68 valence electrons. The predicted octanol–water partition coefficient (Wildman–Crippen LogP) is 0.454. The largest absolute Gasteiger partial charge is 0.427 e. The standard InChI is InChI=1S/C7H20O2Si2/c1-8-10-6-4-3-5-7-11-9-2/h3-7,10-11H2,1-2H3. The molecule has 0 aliphatic carbocycles. The van der Waals surface area contributed by atoms with Crippen LogP contribution in [0.4, 0.5) is 0 Å². The molecule has 11 heavy (non-hydrogen) atoms. The molecule has 0 aromatic carbocycles. The Kier molecular flexibility index (Phi) is 10.7. The van der Waals surface area contributed by atoms with Gasteiger partial charge in [-0.25, -0.2) is 0 Å². The molecule has 0 rings (SSSR count). The first-order valence-corrected chi connectivity index (χ1v) is 7.55. The smallest absolute Gasteiger partial charge is 0.161 e. The van der Waals surface area contributed by atoms with Gasteiger partial charge in [0.2, 0.25) is 0 Å². The maximum atomic E-state index is 5.09. The van der Waals surface area contributed by atoms with Crippen LogP contribution >= 0.6 is 0 Å². The third-order valence-electron chi connectivity index (χ3n) is 1.70. The van der Waals surface area contributed by atoms with Crippen LogP contribution in [-0.2, 0) is 8.85 Å². The minimum Gasteiger partial charge on any atom is -0.427 e. The number of rotatable bonds is 8. The number of hydrogen-bond donors (Lipinski definition) is 0. The van der Waals surface area contributed by atoms with Crippen LogP contribution in [0.5, 0.6) is 0 Å². The van der Waals surface area contributed by atoms with Gasteiger partial charge in [0.1, 0.15) is 0 Å². The fraction of sp³-hybridized carbons (Fsp3) is 1.00. The molecule has 0 atom stereocenters. The van der Waals surface area contributed by atoms with Gasteiger partial charge in [0.15, 0.2) is 19.5 Å². The molecule has 0 heterocycles. The van der Waals surface area contributed by atoms with Gasteiger partial charge in [0.25, 0.3) is 0 Å². The molecule has 0 aromatic rings. The van der Waals surface area contributed by atoms with Gasteiger partial charge in [-0.2, -0.15) is 0 Å². The zero-order valence-corrected chi connectivity index (χ0v) is 10.6. The molecule has 0 radical (unpaired) electrons. The summed E-state index contributed by atoms with van der Waals surface area (Å²) in [5.41, 5.74) is 0. The summed E-state index contributed by atoms with van der Waals surface area (Å²) in [7, 11) is 3.37. The monoisotopic (exact) mass is 192 g/mol. The maximum absolute atomic E-state index is 5.09. The van der Waals surface area contributed by atoms with E-state index in [0.29, 0.717) is 0 Å². The molecule has 2 nitrogen and oxygen atoms in total. The van der Waals surface area contributed by atoms with Gasteiger partial charge in [0, 0.05) is 14.2 Å². The Morgan fingerprint density at radius 3 is 1.64 bits per heavy atom. The highest BCUT2D eigenvalue weighted by atomic mass is 28.2. The Bertz CT molecular complexity index is 63.5. The van der Waals surface area contributed by atoms with E-state index < -0.39 is 0 Å². The molecule has 0 aliphatic rings. The third kappa shape index (κ3) is 10.4. The van der Waals surface area contributed by atoms with Crippen LogP contribution in [0.2, 0.25) is 12.1 Å². The van der Waals surface area contributed by atoms with Gasteiger partial charge in [-0.15, -0.1) is 0 Å². The highest BCUT2D eigenvalue weighted by Gasteiger charge is 1.90. The molecule has 0 saturated carbocycles. The molecule has 0 saturated heterocycles. The summed E-state index contributed by atoms with van der Waals surface area (Å²) in [6.07, 6.45) is 4.13. The molecule has 0 aliphatic heterocycles. The Labute approximate surface area is 74.6 Å². The minimum atomic E-state index is -0.138. The van der Waals surface area contributed by atoms with Gasteiger partial charge < -0.3 is 8.85 Å². The first-order valence-electron chi connectivity index (χ1n) is 4.39. The van der Waals surface area contributed by atoms with E-state index in [4.69, 9.17) is 8.85 Å². The van der Waals surface area contributed by atoms with Crippen LogP contribution in [0.15, 0.2) is 0 Å². The first kappa shape index (κ1) is 11.4. The summed E-state index contributed by atoms with van der Waals surface area (Å²) in [6, 6.07) is 2.70. The molecular formula is C7H20O2Si2. The van der Waals surface area contributed by atoms with Gasteiger partial charge in [-0.3, -0.25) is 0 Å². The van der Waals surface area contributed by atoms with E-state index in [2.05, 4.69) is 0 Å². The molecule has 0 amide bonds. The zero-order valence-electron chi connectivity index (χ0n) is 7.77. The van der Waals surface area contributed by atoms with Crippen LogP contribution in [0, 0.1) is 0 Å². The van der Waals surface area contributed by atoms with Crippen molar-refractivity contribution in [2.75, 3.05) is 14.2 Å². The lowest BCUT2D eigenvalue weighted by molar-refractivity contribution is 0.436. The predicted molar refractivity (Wildman–Crippen MR) is 54.6 cm³/mol. The number of hydrogen-bond acceptors (Lipinski definition) is 2. The van der Waals surface area contributed by atoms with Crippen molar-refractivity contribution >= 4 is 19.5 Å². The Balaban J connectivity index is 2.69. The second-order valence-electron chi connectivity index (χ2n) is 2.75. The fourth-order valence-corrected chi connectivity index (χ4v) is 2.72. The summed E-state index contributed by atoms with van der Waals surface area (Å²) in [5, 5.41) is 0. The highest BCUT2D eigenvalue weighted by Crippen LogP contribution is 2.02. The normalized spacial score (nSPS) is 12.5. The van der Waals surface area contributed by atoms with Crippen LogP contribution in [0.1, 0.15) is 19.3 Å². The quantitative estimate of drug-likeness (QED) is 0.411. The van der Waals surface area contributed by atoms with Crippen molar-refractivity contribution in [3.8, 4) is 0 Å². The van der Waals surface area contributed by atoms with Crippen molar-refractivity contribution in [2.45, 2.75) is 31.4 Å². The Morgan fingerprint density at radius 1 is 0.818 bits per heavy atom. The van der Waals surface area contributed by atoms with E-state index >= 15 is 0 Å². The summed E-state index contributed by atoms with van der Waals surface area (Å²) in [4.78, 5) is 0. The van der Waals surface area contributed by atoms with Crippen molar-refractivity contribution in [1.82, 2.24) is 0 Å². The van der Waals surface area contributed by atoms with E-state index in [-0.39, 0.29) is 19.5 Å². The average Bonchev–Trinajstić information content (AvgIpc) is 2.03. The minimum absolute atomic E-state index is 0.138. The van der Waals surface area contributed by atoms with E-state index in [1.165, 1.54) is 31.4 Å². The SMILES string of the molecule is CO[SiH2]CCCCC[SiH2]OC. The lowest BCUT2D eigenvalue weighted by Crippen LogP contribution is -1.94. The summed E-state index contributed by atoms with van der Waals surface area (Å²) in [6.45, 7) is 0. The van der Waals surface area contributed by atoms with Crippen LogP contribution in [-0.4, -0.2) is 33.7 Å². The topological polar surface area (TPSA) is 18.5 Å². The molecule has 0 spiro atoms. The van der Waals surface area contributed by atoms with Crippen molar-refractivity contribution in [2.24, 2.45) is 0 Å². The molecular weight excluding hydrogens is 172 g/mol. The van der Waals surface area contributed by atoms with E-state index in [1.807, 2.05) is 14.2 Å². The summed E-state index contributed by atoms with van der Waals surface area (Å²) in [5.74, 6) is 0. The Morgan fingerprint density at radius 2 is 1.27 bits per heavy atom. The third-order valence-corrected chi connectivity index (χ3v) is 4.09. The van der Waals surface area contributed by atoms with Crippen LogP contribution < -0.4 is 0 Å². The average molecular weight is 192 g/mol. The zero-order chi connectivity index (χ0) is 8.36.